The topological polar surface area (TPSA) is 60.7 Å². The molecule has 2 atom stereocenters. The molecule has 0 unspecified atom stereocenters. The van der Waals surface area contributed by atoms with Gasteiger partial charge in [-0.25, -0.2) is 0 Å². The first-order valence-electron chi connectivity index (χ1n) is 4.78. The molecule has 3 N–H and O–H groups in total. The van der Waals surface area contributed by atoms with Crippen LogP contribution in [0.1, 0.15) is 32.6 Å². The van der Waals surface area contributed by atoms with E-state index in [1.807, 2.05) is 19.1 Å². The molecule has 0 spiro atoms. The summed E-state index contributed by atoms with van der Waals surface area (Å²) < 4.78 is 0. The fourth-order valence-electron chi connectivity index (χ4n) is 1.15. The van der Waals surface area contributed by atoms with Gasteiger partial charge in [-0.2, -0.15) is 0 Å². The van der Waals surface area contributed by atoms with Crippen molar-refractivity contribution in [2.24, 2.45) is 0 Å². The van der Waals surface area contributed by atoms with Crippen molar-refractivity contribution in [2.45, 2.75) is 44.8 Å². The second-order valence-corrected chi connectivity index (χ2v) is 3.20. The van der Waals surface area contributed by atoms with Crippen molar-refractivity contribution < 1.29 is 15.3 Å². The zero-order chi connectivity index (χ0) is 10.1. The van der Waals surface area contributed by atoms with E-state index in [9.17, 15) is 10.2 Å². The Labute approximate surface area is 79.7 Å². The molecule has 0 amide bonds. The zero-order valence-corrected chi connectivity index (χ0v) is 8.19. The second kappa shape index (κ2) is 8.23. The van der Waals surface area contributed by atoms with Crippen molar-refractivity contribution in [2.75, 3.05) is 6.61 Å². The van der Waals surface area contributed by atoms with Gasteiger partial charge >= 0.3 is 0 Å². The van der Waals surface area contributed by atoms with Gasteiger partial charge in [0.25, 0.3) is 0 Å². The maximum Gasteiger partial charge on any atom is 0.0586 e. The molecule has 13 heavy (non-hydrogen) atoms. The first kappa shape index (κ1) is 12.6. The van der Waals surface area contributed by atoms with Crippen molar-refractivity contribution in [1.29, 1.82) is 0 Å². The van der Waals surface area contributed by atoms with Crippen molar-refractivity contribution in [3.63, 3.8) is 0 Å². The minimum atomic E-state index is -0.578. The van der Waals surface area contributed by atoms with Crippen LogP contribution in [0.2, 0.25) is 0 Å². The maximum absolute atomic E-state index is 9.40. The highest BCUT2D eigenvalue weighted by Crippen LogP contribution is 2.07. The highest BCUT2D eigenvalue weighted by Gasteiger charge is 2.10. The molecule has 0 saturated carbocycles. The SMILES string of the molecule is C/C=C/CC[C@H](O)C[C@H](O)CCO. The molecule has 78 valence electrons. The van der Waals surface area contributed by atoms with Crippen LogP contribution in [0.15, 0.2) is 12.2 Å². The molecule has 0 aliphatic heterocycles. The number of aliphatic hydroxyl groups is 3. The summed E-state index contributed by atoms with van der Waals surface area (Å²) in [7, 11) is 0. The number of allylic oxidation sites excluding steroid dienone is 2. The summed E-state index contributed by atoms with van der Waals surface area (Å²) in [6.07, 6.45) is 5.11. The van der Waals surface area contributed by atoms with E-state index >= 15 is 0 Å². The largest absolute Gasteiger partial charge is 0.396 e. The zero-order valence-electron chi connectivity index (χ0n) is 8.19. The minimum Gasteiger partial charge on any atom is -0.396 e. The molecule has 3 nitrogen and oxygen atoms in total. The van der Waals surface area contributed by atoms with Gasteiger partial charge in [0.15, 0.2) is 0 Å². The molecule has 0 radical (unpaired) electrons. The van der Waals surface area contributed by atoms with Crippen LogP contribution in [-0.4, -0.2) is 34.1 Å². The lowest BCUT2D eigenvalue weighted by molar-refractivity contribution is 0.0608. The van der Waals surface area contributed by atoms with Crippen molar-refractivity contribution in [1.82, 2.24) is 0 Å². The van der Waals surface area contributed by atoms with Gasteiger partial charge in [-0.1, -0.05) is 12.2 Å². The summed E-state index contributed by atoms with van der Waals surface area (Å²) in [5.41, 5.74) is 0. The van der Waals surface area contributed by atoms with E-state index in [4.69, 9.17) is 5.11 Å². The average Bonchev–Trinajstić information content (AvgIpc) is 2.05. The monoisotopic (exact) mass is 188 g/mol. The molecule has 0 aliphatic carbocycles. The summed E-state index contributed by atoms with van der Waals surface area (Å²) >= 11 is 0. The van der Waals surface area contributed by atoms with Crippen molar-refractivity contribution in [3.8, 4) is 0 Å². The Bertz CT molecular complexity index is 134. The third-order valence-electron chi connectivity index (χ3n) is 1.91. The van der Waals surface area contributed by atoms with Gasteiger partial charge in [-0.3, -0.25) is 0 Å². The molecule has 0 fully saturated rings. The fourth-order valence-corrected chi connectivity index (χ4v) is 1.15. The van der Waals surface area contributed by atoms with Crippen LogP contribution < -0.4 is 0 Å². The standard InChI is InChI=1S/C10H20O3/c1-2-3-4-5-9(12)8-10(13)6-7-11/h2-3,9-13H,4-8H2,1H3/b3-2+/t9-,10+/m0/s1. The Morgan fingerprint density at radius 1 is 1.15 bits per heavy atom. The lowest BCUT2D eigenvalue weighted by atomic mass is 10.1. The van der Waals surface area contributed by atoms with E-state index in [0.717, 1.165) is 6.42 Å². The van der Waals surface area contributed by atoms with Gasteiger partial charge in [0, 0.05) is 6.61 Å². The van der Waals surface area contributed by atoms with Crippen LogP contribution >= 0.6 is 0 Å². The number of hydrogen-bond donors (Lipinski definition) is 3. The molecule has 3 heteroatoms. The van der Waals surface area contributed by atoms with Gasteiger partial charge in [0.05, 0.1) is 12.2 Å². The number of rotatable bonds is 7. The van der Waals surface area contributed by atoms with Crippen LogP contribution in [-0.2, 0) is 0 Å². The Morgan fingerprint density at radius 2 is 1.77 bits per heavy atom. The highest BCUT2D eigenvalue weighted by molar-refractivity contribution is 4.78. The third-order valence-corrected chi connectivity index (χ3v) is 1.91. The van der Waals surface area contributed by atoms with E-state index in [0.29, 0.717) is 19.3 Å². The fraction of sp³-hybridized carbons (Fsp3) is 0.800. The van der Waals surface area contributed by atoms with Crippen LogP contribution in [0, 0.1) is 0 Å². The normalized spacial score (nSPS) is 16.3. The molecular formula is C10H20O3. The van der Waals surface area contributed by atoms with E-state index in [2.05, 4.69) is 0 Å². The average molecular weight is 188 g/mol. The van der Waals surface area contributed by atoms with Gasteiger partial charge in [-0.15, -0.1) is 0 Å². The molecule has 0 bridgehead atoms. The molecular weight excluding hydrogens is 168 g/mol. The summed E-state index contributed by atoms with van der Waals surface area (Å²) in [6.45, 7) is 1.91. The lowest BCUT2D eigenvalue weighted by Gasteiger charge is -2.13. The van der Waals surface area contributed by atoms with Crippen molar-refractivity contribution >= 4 is 0 Å². The van der Waals surface area contributed by atoms with Gasteiger partial charge < -0.3 is 15.3 Å². The molecule has 0 aromatic carbocycles. The molecule has 0 saturated heterocycles. The molecule has 0 heterocycles. The Hall–Kier alpha value is -0.380. The van der Waals surface area contributed by atoms with Crippen molar-refractivity contribution in [3.05, 3.63) is 12.2 Å². The second-order valence-electron chi connectivity index (χ2n) is 3.20. The van der Waals surface area contributed by atoms with Gasteiger partial charge in [0.1, 0.15) is 0 Å². The summed E-state index contributed by atoms with van der Waals surface area (Å²) in [5, 5.41) is 27.1. The Kier molecular flexibility index (Phi) is 7.99. The van der Waals surface area contributed by atoms with Crippen LogP contribution in [0.5, 0.6) is 0 Å². The summed E-state index contributed by atoms with van der Waals surface area (Å²) in [6, 6.07) is 0. The van der Waals surface area contributed by atoms with E-state index in [-0.39, 0.29) is 6.61 Å². The molecule has 0 rings (SSSR count). The summed E-state index contributed by atoms with van der Waals surface area (Å²) in [5.74, 6) is 0. The Morgan fingerprint density at radius 3 is 2.31 bits per heavy atom. The summed E-state index contributed by atoms with van der Waals surface area (Å²) in [4.78, 5) is 0. The Balaban J connectivity index is 3.43. The van der Waals surface area contributed by atoms with Crippen LogP contribution in [0.4, 0.5) is 0 Å². The maximum atomic E-state index is 9.40. The predicted molar refractivity (Wildman–Crippen MR) is 52.4 cm³/mol. The molecule has 0 aliphatic rings. The quantitative estimate of drug-likeness (QED) is 0.519. The lowest BCUT2D eigenvalue weighted by Crippen LogP contribution is -2.18. The van der Waals surface area contributed by atoms with Crippen LogP contribution in [0.3, 0.4) is 0 Å². The first-order valence-corrected chi connectivity index (χ1v) is 4.78. The molecule has 0 aromatic rings. The first-order chi connectivity index (χ1) is 6.20. The van der Waals surface area contributed by atoms with Gasteiger partial charge in [-0.05, 0) is 32.6 Å². The number of hydrogen-bond acceptors (Lipinski definition) is 3. The minimum absolute atomic E-state index is 0.0251. The highest BCUT2D eigenvalue weighted by atomic mass is 16.3. The van der Waals surface area contributed by atoms with E-state index in [1.54, 1.807) is 0 Å². The number of aliphatic hydroxyl groups excluding tert-OH is 3. The third kappa shape index (κ3) is 7.96. The van der Waals surface area contributed by atoms with Gasteiger partial charge in [0.2, 0.25) is 0 Å². The van der Waals surface area contributed by atoms with E-state index < -0.39 is 12.2 Å². The predicted octanol–water partition coefficient (Wildman–Crippen LogP) is 0.837. The van der Waals surface area contributed by atoms with Crippen LogP contribution in [0.25, 0.3) is 0 Å². The smallest absolute Gasteiger partial charge is 0.0586 e. The van der Waals surface area contributed by atoms with E-state index in [1.165, 1.54) is 0 Å². The molecule has 0 aromatic heterocycles.